The molecule has 0 aliphatic rings. The van der Waals surface area contributed by atoms with Gasteiger partial charge in [-0.15, -0.1) is 11.3 Å². The maximum Gasteiger partial charge on any atom is 0.270 e. The number of ether oxygens (including phenoxy) is 1. The van der Waals surface area contributed by atoms with Gasteiger partial charge in [0.25, 0.3) is 5.69 Å². The Balaban J connectivity index is 1.44. The number of aromatic nitrogens is 3. The number of nitro groups is 1. The molecule has 0 spiro atoms. The number of anilines is 1. The van der Waals surface area contributed by atoms with Gasteiger partial charge in [-0.1, -0.05) is 30.0 Å². The summed E-state index contributed by atoms with van der Waals surface area (Å²) in [6.45, 7) is 1.79. The van der Waals surface area contributed by atoms with Gasteiger partial charge in [0, 0.05) is 41.5 Å². The number of nitrogens with one attached hydrogen (secondary N) is 1. The molecule has 168 valence electrons. The summed E-state index contributed by atoms with van der Waals surface area (Å²) in [6, 6.07) is 13.8. The first-order valence-electron chi connectivity index (χ1n) is 9.80. The van der Waals surface area contributed by atoms with E-state index in [1.165, 1.54) is 35.2 Å². The van der Waals surface area contributed by atoms with Crippen molar-refractivity contribution in [2.24, 2.45) is 0 Å². The number of rotatable bonds is 8. The fourth-order valence-corrected chi connectivity index (χ4v) is 4.60. The lowest BCUT2D eigenvalue weighted by atomic mass is 10.1. The summed E-state index contributed by atoms with van der Waals surface area (Å²) in [5.74, 6) is 0.506. The summed E-state index contributed by atoms with van der Waals surface area (Å²) in [5.41, 5.74) is 2.04. The molecule has 0 saturated carbocycles. The fourth-order valence-electron chi connectivity index (χ4n) is 2.99. The number of amides is 1. The van der Waals surface area contributed by atoms with E-state index >= 15 is 0 Å². The lowest BCUT2D eigenvalue weighted by molar-refractivity contribution is -0.384. The van der Waals surface area contributed by atoms with Crippen LogP contribution in [0, 0.1) is 10.1 Å². The topological polar surface area (TPSA) is 112 Å². The molecule has 4 aromatic rings. The number of methoxy groups -OCH3 is 1. The van der Waals surface area contributed by atoms with E-state index in [2.05, 4.69) is 15.3 Å². The Morgan fingerprint density at radius 2 is 2.09 bits per heavy atom. The maximum atomic E-state index is 12.8. The van der Waals surface area contributed by atoms with Crippen molar-refractivity contribution in [2.75, 3.05) is 12.4 Å². The average molecular weight is 482 g/mol. The van der Waals surface area contributed by atoms with Crippen LogP contribution in [0.25, 0.3) is 16.9 Å². The molecule has 0 aliphatic heterocycles. The zero-order valence-electron chi connectivity index (χ0n) is 17.7. The van der Waals surface area contributed by atoms with Crippen LogP contribution in [0.1, 0.15) is 6.92 Å². The summed E-state index contributed by atoms with van der Waals surface area (Å²) in [5, 5.41) is 16.2. The summed E-state index contributed by atoms with van der Waals surface area (Å²) in [6.07, 6.45) is 3.51. The Labute approximate surface area is 197 Å². The van der Waals surface area contributed by atoms with Crippen molar-refractivity contribution in [3.63, 3.8) is 0 Å². The van der Waals surface area contributed by atoms with Gasteiger partial charge >= 0.3 is 0 Å². The highest BCUT2D eigenvalue weighted by Gasteiger charge is 2.20. The van der Waals surface area contributed by atoms with Crippen molar-refractivity contribution >= 4 is 39.8 Å². The van der Waals surface area contributed by atoms with Crippen LogP contribution in [0.3, 0.4) is 0 Å². The Bertz CT molecular complexity index is 1300. The molecule has 9 nitrogen and oxygen atoms in total. The third-order valence-corrected chi connectivity index (χ3v) is 6.52. The van der Waals surface area contributed by atoms with Gasteiger partial charge in [-0.05, 0) is 19.1 Å². The highest BCUT2D eigenvalue weighted by atomic mass is 32.2. The van der Waals surface area contributed by atoms with Gasteiger partial charge in [-0.25, -0.2) is 9.97 Å². The quantitative estimate of drug-likeness (QED) is 0.213. The van der Waals surface area contributed by atoms with Crippen LogP contribution < -0.4 is 10.1 Å². The number of benzene rings is 2. The van der Waals surface area contributed by atoms with Crippen LogP contribution in [0.15, 0.2) is 71.5 Å². The number of non-ortho nitro benzene ring substituents is 1. The van der Waals surface area contributed by atoms with Gasteiger partial charge in [0.1, 0.15) is 5.75 Å². The van der Waals surface area contributed by atoms with Gasteiger partial charge < -0.3 is 10.1 Å². The number of carbonyl (C=O) groups excluding carboxylic acids is 1. The highest BCUT2D eigenvalue weighted by Crippen LogP contribution is 2.29. The predicted octanol–water partition coefficient (Wildman–Crippen LogP) is 5.03. The number of imidazole rings is 1. The Kier molecular flexibility index (Phi) is 6.71. The molecular weight excluding hydrogens is 462 g/mol. The Hall–Kier alpha value is -3.70. The molecule has 0 fully saturated rings. The normalized spacial score (nSPS) is 11.7. The molecule has 1 unspecified atom stereocenters. The minimum absolute atomic E-state index is 0.0114. The summed E-state index contributed by atoms with van der Waals surface area (Å²) < 4.78 is 7.18. The van der Waals surface area contributed by atoms with Crippen LogP contribution in [0.5, 0.6) is 5.75 Å². The van der Waals surface area contributed by atoms with Gasteiger partial charge in [0.2, 0.25) is 5.91 Å². The predicted molar refractivity (Wildman–Crippen MR) is 128 cm³/mol. The fraction of sp³-hybridized carbons (Fsp3) is 0.136. The molecule has 0 bridgehead atoms. The van der Waals surface area contributed by atoms with Crippen molar-refractivity contribution in [3.8, 4) is 22.7 Å². The minimum Gasteiger partial charge on any atom is -0.497 e. The second-order valence-corrected chi connectivity index (χ2v) is 9.04. The molecular formula is C22H19N5O4S2. The molecule has 11 heteroatoms. The van der Waals surface area contributed by atoms with E-state index in [4.69, 9.17) is 4.74 Å². The minimum atomic E-state index is -0.452. The number of thioether (sulfide) groups is 1. The van der Waals surface area contributed by atoms with Crippen LogP contribution in [0.4, 0.5) is 10.8 Å². The Morgan fingerprint density at radius 1 is 1.27 bits per heavy atom. The van der Waals surface area contributed by atoms with Crippen LogP contribution in [0.2, 0.25) is 0 Å². The zero-order chi connectivity index (χ0) is 23.4. The van der Waals surface area contributed by atoms with Gasteiger partial charge in [-0.3, -0.25) is 19.5 Å². The summed E-state index contributed by atoms with van der Waals surface area (Å²) in [4.78, 5) is 32.1. The number of hydrogen-bond acceptors (Lipinski definition) is 8. The van der Waals surface area contributed by atoms with E-state index in [1.54, 1.807) is 37.7 Å². The molecule has 0 aliphatic carbocycles. The average Bonchev–Trinajstić information content (AvgIpc) is 3.49. The second-order valence-electron chi connectivity index (χ2n) is 6.88. The molecule has 2 aromatic carbocycles. The molecule has 4 rings (SSSR count). The van der Waals surface area contributed by atoms with Crippen molar-refractivity contribution in [2.45, 2.75) is 17.3 Å². The smallest absolute Gasteiger partial charge is 0.270 e. The number of nitro benzene ring substituents is 1. The van der Waals surface area contributed by atoms with Gasteiger partial charge in [0.05, 0.1) is 28.7 Å². The molecule has 33 heavy (non-hydrogen) atoms. The van der Waals surface area contributed by atoms with Crippen molar-refractivity contribution in [1.29, 1.82) is 0 Å². The van der Waals surface area contributed by atoms with Crippen LogP contribution in [-0.2, 0) is 4.79 Å². The van der Waals surface area contributed by atoms with Crippen molar-refractivity contribution in [3.05, 3.63) is 76.4 Å². The number of carbonyl (C=O) groups is 1. The third kappa shape index (κ3) is 5.21. The van der Waals surface area contributed by atoms with E-state index in [-0.39, 0.29) is 11.6 Å². The molecule has 0 radical (unpaired) electrons. The molecule has 1 amide bonds. The van der Waals surface area contributed by atoms with E-state index in [0.29, 0.717) is 21.5 Å². The molecule has 1 atom stereocenters. The molecule has 2 aromatic heterocycles. The largest absolute Gasteiger partial charge is 0.497 e. The van der Waals surface area contributed by atoms with E-state index in [9.17, 15) is 14.9 Å². The highest BCUT2D eigenvalue weighted by molar-refractivity contribution is 8.00. The van der Waals surface area contributed by atoms with Crippen molar-refractivity contribution < 1.29 is 14.5 Å². The number of hydrogen-bond donors (Lipinski definition) is 1. The molecule has 2 heterocycles. The SMILES string of the molecule is COc1cccc(-n2ccnc2SC(C)C(=O)Nc2nc(-c3cccc([N+](=O)[O-])c3)cs2)c1. The standard InChI is InChI=1S/C22H19N5O4S2/c1-14(33-22-23-9-10-26(22)16-6-4-8-18(12-16)31-2)20(28)25-21-24-19(13-32-21)15-5-3-7-17(11-15)27(29)30/h3-14H,1-2H3,(H,24,25,28). The number of thiazole rings is 1. The monoisotopic (exact) mass is 481 g/mol. The molecule has 1 N–H and O–H groups in total. The van der Waals surface area contributed by atoms with E-state index in [1.807, 2.05) is 35.0 Å². The lowest BCUT2D eigenvalue weighted by Crippen LogP contribution is -2.22. The summed E-state index contributed by atoms with van der Waals surface area (Å²) >= 11 is 2.58. The Morgan fingerprint density at radius 3 is 2.88 bits per heavy atom. The van der Waals surface area contributed by atoms with E-state index < -0.39 is 10.2 Å². The molecule has 0 saturated heterocycles. The zero-order valence-corrected chi connectivity index (χ0v) is 19.3. The first-order chi connectivity index (χ1) is 15.9. The van der Waals surface area contributed by atoms with Crippen LogP contribution in [-0.4, -0.2) is 37.7 Å². The number of nitrogens with zero attached hydrogens (tertiary/aromatic N) is 4. The van der Waals surface area contributed by atoms with Gasteiger partial charge in [0.15, 0.2) is 10.3 Å². The summed E-state index contributed by atoms with van der Waals surface area (Å²) in [7, 11) is 1.61. The second kappa shape index (κ2) is 9.84. The first kappa shape index (κ1) is 22.5. The first-order valence-corrected chi connectivity index (χ1v) is 11.6. The van der Waals surface area contributed by atoms with Gasteiger partial charge in [-0.2, -0.15) is 0 Å². The third-order valence-electron chi connectivity index (χ3n) is 4.68. The lowest BCUT2D eigenvalue weighted by Gasteiger charge is -2.12. The maximum absolute atomic E-state index is 12.8. The van der Waals surface area contributed by atoms with Crippen LogP contribution >= 0.6 is 23.1 Å². The van der Waals surface area contributed by atoms with E-state index in [0.717, 1.165) is 11.4 Å². The van der Waals surface area contributed by atoms with Crippen molar-refractivity contribution in [1.82, 2.24) is 14.5 Å².